The SMILES string of the molecule is CC1=C(c2ccccc2-c2cccc(-c3ccc4c(c3)c3ccccc3n4-c3ccccc3)c2)N=C(c2ccc(-c3ccccc3)cc2)C(C)=C(c2ccc(-c3ccccc3)cc2)C1. The van der Waals surface area contributed by atoms with Crippen LogP contribution in [0, 0.1) is 0 Å². The molecule has 2 heteroatoms. The number of benzene rings is 9. The van der Waals surface area contributed by atoms with Crippen LogP contribution in [-0.2, 0) is 0 Å². The van der Waals surface area contributed by atoms with E-state index in [9.17, 15) is 0 Å². The summed E-state index contributed by atoms with van der Waals surface area (Å²) < 4.78 is 2.37. The van der Waals surface area contributed by atoms with Crippen molar-refractivity contribution in [2.24, 2.45) is 4.99 Å². The third-order valence-electron chi connectivity index (χ3n) is 12.9. The van der Waals surface area contributed by atoms with Gasteiger partial charge in [-0.25, -0.2) is 4.99 Å². The second-order valence-corrected chi connectivity index (χ2v) is 16.8. The average Bonchev–Trinajstić information content (AvgIpc) is 3.63. The van der Waals surface area contributed by atoms with Gasteiger partial charge < -0.3 is 4.57 Å². The van der Waals surface area contributed by atoms with Crippen LogP contribution in [-0.4, -0.2) is 10.3 Å². The lowest BCUT2D eigenvalue weighted by atomic mass is 9.89. The zero-order valence-corrected chi connectivity index (χ0v) is 36.0. The molecule has 0 radical (unpaired) electrons. The fourth-order valence-corrected chi connectivity index (χ4v) is 9.57. The Morgan fingerprint density at radius 3 is 1.53 bits per heavy atom. The predicted molar refractivity (Wildman–Crippen MR) is 272 cm³/mol. The van der Waals surface area contributed by atoms with Gasteiger partial charge in [0.25, 0.3) is 0 Å². The topological polar surface area (TPSA) is 17.3 Å². The lowest BCUT2D eigenvalue weighted by Crippen LogP contribution is -2.05. The highest BCUT2D eigenvalue weighted by molar-refractivity contribution is 6.19. The number of hydrogen-bond donors (Lipinski definition) is 0. The molecule has 0 N–H and O–H groups in total. The van der Waals surface area contributed by atoms with E-state index in [0.717, 1.165) is 45.8 Å². The van der Waals surface area contributed by atoms with Gasteiger partial charge in [-0.3, -0.25) is 0 Å². The van der Waals surface area contributed by atoms with Crippen molar-refractivity contribution < 1.29 is 0 Å². The summed E-state index contributed by atoms with van der Waals surface area (Å²) in [4.78, 5) is 5.71. The Kier molecular flexibility index (Phi) is 10.1. The van der Waals surface area contributed by atoms with Crippen molar-refractivity contribution >= 4 is 38.8 Å². The Labute approximate surface area is 375 Å². The van der Waals surface area contributed by atoms with Crippen LogP contribution >= 0.6 is 0 Å². The van der Waals surface area contributed by atoms with Crippen molar-refractivity contribution in [3.8, 4) is 50.2 Å². The van der Waals surface area contributed by atoms with Crippen LogP contribution in [0.1, 0.15) is 37.0 Å². The second kappa shape index (κ2) is 16.7. The summed E-state index contributed by atoms with van der Waals surface area (Å²) in [5, 5.41) is 2.49. The van der Waals surface area contributed by atoms with E-state index in [1.807, 2.05) is 0 Å². The van der Waals surface area contributed by atoms with Gasteiger partial charge in [-0.05, 0) is 123 Å². The first-order valence-electron chi connectivity index (χ1n) is 22.2. The van der Waals surface area contributed by atoms with Gasteiger partial charge in [0.05, 0.1) is 22.4 Å². The van der Waals surface area contributed by atoms with Gasteiger partial charge in [0, 0.05) is 27.6 Å². The number of hydrogen-bond acceptors (Lipinski definition) is 1. The molecule has 2 nitrogen and oxygen atoms in total. The normalized spacial score (nSPS) is 13.1. The van der Waals surface area contributed by atoms with Gasteiger partial charge >= 0.3 is 0 Å². The number of para-hydroxylation sites is 2. The summed E-state index contributed by atoms with van der Waals surface area (Å²) in [6, 6.07) is 83.3. The molecule has 0 fully saturated rings. The molecule has 0 saturated heterocycles. The molecule has 2 heterocycles. The molecular formula is C62H46N2. The van der Waals surface area contributed by atoms with E-state index < -0.39 is 0 Å². The third kappa shape index (κ3) is 7.19. The van der Waals surface area contributed by atoms with Gasteiger partial charge in [-0.2, -0.15) is 0 Å². The first kappa shape index (κ1) is 38.8. The quantitative estimate of drug-likeness (QED) is 0.145. The van der Waals surface area contributed by atoms with Crippen molar-refractivity contribution in [3.63, 3.8) is 0 Å². The van der Waals surface area contributed by atoms with Gasteiger partial charge in [-0.15, -0.1) is 0 Å². The number of fused-ring (bicyclic) bond motifs is 3. The molecule has 9 aromatic carbocycles. The van der Waals surface area contributed by atoms with Crippen LogP contribution in [0.2, 0.25) is 0 Å². The van der Waals surface area contributed by atoms with Gasteiger partial charge in [0.2, 0.25) is 0 Å². The highest BCUT2D eigenvalue weighted by Gasteiger charge is 2.23. The van der Waals surface area contributed by atoms with Crippen molar-refractivity contribution in [1.82, 2.24) is 4.57 Å². The lowest BCUT2D eigenvalue weighted by molar-refractivity contribution is 1.18. The van der Waals surface area contributed by atoms with Gasteiger partial charge in [0.15, 0.2) is 0 Å². The summed E-state index contributed by atoms with van der Waals surface area (Å²) in [5.41, 5.74) is 22.3. The van der Waals surface area contributed by atoms with E-state index in [0.29, 0.717) is 0 Å². The zero-order valence-electron chi connectivity index (χ0n) is 36.0. The summed E-state index contributed by atoms with van der Waals surface area (Å²) in [6.07, 6.45) is 0.784. The molecule has 1 aliphatic rings. The Morgan fingerprint density at radius 1 is 0.359 bits per heavy atom. The molecule has 0 spiro atoms. The molecule has 1 aliphatic heterocycles. The van der Waals surface area contributed by atoms with Crippen molar-refractivity contribution in [2.45, 2.75) is 20.3 Å². The van der Waals surface area contributed by atoms with Gasteiger partial charge in [-0.1, -0.05) is 194 Å². The molecule has 0 aliphatic carbocycles. The average molecular weight is 819 g/mol. The number of nitrogens with zero attached hydrogens (tertiary/aromatic N) is 2. The number of aromatic nitrogens is 1. The first-order valence-corrected chi connectivity index (χ1v) is 22.2. The molecule has 0 unspecified atom stereocenters. The van der Waals surface area contributed by atoms with Crippen LogP contribution in [0.3, 0.4) is 0 Å². The van der Waals surface area contributed by atoms with Gasteiger partial charge in [0.1, 0.15) is 0 Å². The van der Waals surface area contributed by atoms with E-state index >= 15 is 0 Å². The smallest absolute Gasteiger partial charge is 0.0741 e. The highest BCUT2D eigenvalue weighted by atomic mass is 15.0. The van der Waals surface area contributed by atoms with Crippen LogP contribution in [0.25, 0.3) is 83.3 Å². The molecule has 0 atom stereocenters. The van der Waals surface area contributed by atoms with E-state index in [1.165, 1.54) is 77.5 Å². The van der Waals surface area contributed by atoms with Crippen LogP contribution in [0.5, 0.6) is 0 Å². The Hall–Kier alpha value is -8.07. The predicted octanol–water partition coefficient (Wildman–Crippen LogP) is 16.5. The number of rotatable bonds is 8. The Balaban J connectivity index is 1.01. The lowest BCUT2D eigenvalue weighted by Gasteiger charge is -2.15. The highest BCUT2D eigenvalue weighted by Crippen LogP contribution is 2.41. The summed E-state index contributed by atoms with van der Waals surface area (Å²) >= 11 is 0. The molecular weight excluding hydrogens is 773 g/mol. The van der Waals surface area contributed by atoms with E-state index in [1.54, 1.807) is 0 Å². The van der Waals surface area contributed by atoms with E-state index in [-0.39, 0.29) is 0 Å². The number of aliphatic imine (C=N–C) groups is 1. The molecule has 0 saturated carbocycles. The van der Waals surface area contributed by atoms with E-state index in [2.05, 4.69) is 249 Å². The molecule has 1 aromatic heterocycles. The first-order chi connectivity index (χ1) is 31.6. The van der Waals surface area contributed by atoms with Crippen molar-refractivity contribution in [1.29, 1.82) is 0 Å². The maximum absolute atomic E-state index is 5.71. The fraction of sp³-hybridized carbons (Fsp3) is 0.0484. The minimum absolute atomic E-state index is 0.784. The number of allylic oxidation sites excluding steroid dienone is 3. The molecule has 11 rings (SSSR count). The van der Waals surface area contributed by atoms with Crippen molar-refractivity contribution in [2.75, 3.05) is 0 Å². The molecule has 0 amide bonds. The fourth-order valence-electron chi connectivity index (χ4n) is 9.57. The van der Waals surface area contributed by atoms with Crippen LogP contribution in [0.4, 0.5) is 0 Å². The summed E-state index contributed by atoms with van der Waals surface area (Å²) in [7, 11) is 0. The third-order valence-corrected chi connectivity index (χ3v) is 12.9. The van der Waals surface area contributed by atoms with Crippen molar-refractivity contribution in [3.05, 3.63) is 258 Å². The summed E-state index contributed by atoms with van der Waals surface area (Å²) in [5.74, 6) is 0. The Bertz CT molecular complexity index is 3420. The molecule has 10 aromatic rings. The second-order valence-electron chi connectivity index (χ2n) is 16.8. The zero-order chi connectivity index (χ0) is 43.0. The van der Waals surface area contributed by atoms with Crippen LogP contribution in [0.15, 0.2) is 247 Å². The Morgan fingerprint density at radius 2 is 0.844 bits per heavy atom. The maximum Gasteiger partial charge on any atom is 0.0741 e. The standard InChI is InChI=1S/C62H46N2/c1-42-39-57(48-33-29-46(30-34-48)44-17-6-3-7-18-44)43(2)62(49-35-31-47(32-36-49)45-19-8-4-9-20-45)63-61(42)56-27-13-12-25-54(56)52-22-16-21-50(40-52)51-37-38-60-58(41-51)55-26-14-15-28-59(55)64(60)53-23-10-5-11-24-53/h3-38,40-41H,39H2,1-2H3. The summed E-state index contributed by atoms with van der Waals surface area (Å²) in [6.45, 7) is 4.52. The van der Waals surface area contributed by atoms with E-state index in [4.69, 9.17) is 4.99 Å². The molecule has 0 bridgehead atoms. The van der Waals surface area contributed by atoms with Crippen LogP contribution < -0.4 is 0 Å². The largest absolute Gasteiger partial charge is 0.309 e. The maximum atomic E-state index is 5.71. The molecule has 64 heavy (non-hydrogen) atoms. The monoisotopic (exact) mass is 818 g/mol. The molecule has 304 valence electrons. The minimum atomic E-state index is 0.784. The minimum Gasteiger partial charge on any atom is -0.309 e.